The monoisotopic (exact) mass is 943 g/mol. The molecular formula is C50H57NO17. The molecule has 18 nitrogen and oxygen atoms in total. The maximum atomic E-state index is 15.7. The van der Waals surface area contributed by atoms with E-state index in [2.05, 4.69) is 5.32 Å². The third-order valence-electron chi connectivity index (χ3n) is 14.9. The molecule has 2 saturated carbocycles. The smallest absolute Gasteiger partial charge is 0.338 e. The van der Waals surface area contributed by atoms with Crippen LogP contribution in [-0.4, -0.2) is 146 Å². The number of hydrogen-bond donors (Lipinski definition) is 7. The second kappa shape index (κ2) is 18.5. The fraction of sp³-hybridized carbons (Fsp3) is 0.500. The van der Waals surface area contributed by atoms with Crippen molar-refractivity contribution in [1.82, 2.24) is 5.32 Å². The van der Waals surface area contributed by atoms with E-state index in [1.54, 1.807) is 78.9 Å². The highest BCUT2D eigenvalue weighted by Gasteiger charge is 2.78. The average molecular weight is 944 g/mol. The van der Waals surface area contributed by atoms with Gasteiger partial charge in [0, 0.05) is 30.7 Å². The Labute approximate surface area is 391 Å². The van der Waals surface area contributed by atoms with Crippen molar-refractivity contribution in [3.63, 3.8) is 0 Å². The average Bonchev–Trinajstić information content (AvgIpc) is 3.31. The molecule has 2 aliphatic heterocycles. The minimum Gasteiger partial charge on any atom is -0.456 e. The lowest BCUT2D eigenvalue weighted by Crippen LogP contribution is -2.82. The number of nitrogens with one attached hydrogen (secondary N) is 1. The van der Waals surface area contributed by atoms with Gasteiger partial charge in [-0.3, -0.25) is 14.4 Å². The maximum Gasteiger partial charge on any atom is 0.338 e. The summed E-state index contributed by atoms with van der Waals surface area (Å²) in [6.45, 7) is 6.21. The zero-order chi connectivity index (χ0) is 49.1. The molecule has 2 heterocycles. The number of fused-ring (bicyclic) bond motifs is 5. The van der Waals surface area contributed by atoms with Crippen molar-refractivity contribution >= 4 is 29.6 Å². The predicted octanol–water partition coefficient (Wildman–Crippen LogP) is 1.63. The van der Waals surface area contributed by atoms with Crippen molar-refractivity contribution in [2.24, 2.45) is 16.7 Å². The summed E-state index contributed by atoms with van der Waals surface area (Å²) in [5.41, 5.74) is -7.60. The molecule has 18 heteroatoms. The van der Waals surface area contributed by atoms with Gasteiger partial charge in [-0.1, -0.05) is 80.6 Å². The van der Waals surface area contributed by atoms with Crippen molar-refractivity contribution in [3.05, 3.63) is 119 Å². The molecule has 0 unspecified atom stereocenters. The number of hydrogen-bond acceptors (Lipinski definition) is 17. The molecule has 0 radical (unpaired) electrons. The second-order valence-corrected chi connectivity index (χ2v) is 19.1. The van der Waals surface area contributed by atoms with Crippen molar-refractivity contribution in [2.75, 3.05) is 13.2 Å². The number of aliphatic hydroxyl groups excluding tert-OH is 5. The van der Waals surface area contributed by atoms with Crippen LogP contribution in [0.1, 0.15) is 79.8 Å². The Bertz CT molecular complexity index is 2430. The number of carbonyl (C=O) groups is 5. The van der Waals surface area contributed by atoms with Crippen LogP contribution in [0.5, 0.6) is 0 Å². The molecule has 3 aliphatic carbocycles. The lowest BCUT2D eigenvalue weighted by molar-refractivity contribution is -0.366. The van der Waals surface area contributed by atoms with E-state index in [0.717, 1.165) is 6.92 Å². The number of benzene rings is 3. The summed E-state index contributed by atoms with van der Waals surface area (Å²) in [6.07, 6.45) is -17.8. The number of Topliss-reactive ketones (excluding diaryl/α,β-unsaturated/α-hetero) is 1. The summed E-state index contributed by atoms with van der Waals surface area (Å²) in [5.74, 6) is -6.29. The predicted molar refractivity (Wildman–Crippen MR) is 235 cm³/mol. The first-order valence-electron chi connectivity index (χ1n) is 22.5. The lowest BCUT2D eigenvalue weighted by Gasteiger charge is -2.68. The van der Waals surface area contributed by atoms with Crippen molar-refractivity contribution in [3.8, 4) is 0 Å². The highest BCUT2D eigenvalue weighted by Crippen LogP contribution is 2.65. The van der Waals surface area contributed by atoms with Crippen LogP contribution >= 0.6 is 0 Å². The van der Waals surface area contributed by atoms with Crippen molar-refractivity contribution in [1.29, 1.82) is 0 Å². The maximum absolute atomic E-state index is 15.7. The molecule has 2 bridgehead atoms. The number of aliphatic hydroxyl groups is 6. The largest absolute Gasteiger partial charge is 0.456 e. The zero-order valence-electron chi connectivity index (χ0n) is 38.1. The van der Waals surface area contributed by atoms with Gasteiger partial charge in [0.15, 0.2) is 23.8 Å². The Kier molecular flexibility index (Phi) is 13.3. The van der Waals surface area contributed by atoms with E-state index >= 15 is 4.79 Å². The number of amides is 1. The molecule has 0 aromatic heterocycles. The van der Waals surface area contributed by atoms with E-state index in [1.807, 2.05) is 0 Å². The van der Waals surface area contributed by atoms with E-state index in [0.29, 0.717) is 5.56 Å². The van der Waals surface area contributed by atoms with Crippen LogP contribution < -0.4 is 5.32 Å². The van der Waals surface area contributed by atoms with Gasteiger partial charge < -0.3 is 64.4 Å². The number of ketones is 1. The van der Waals surface area contributed by atoms with Gasteiger partial charge in [0.2, 0.25) is 0 Å². The van der Waals surface area contributed by atoms with Gasteiger partial charge in [-0.2, -0.15) is 0 Å². The van der Waals surface area contributed by atoms with Crippen LogP contribution in [0, 0.1) is 16.7 Å². The third kappa shape index (κ3) is 8.14. The fourth-order valence-corrected chi connectivity index (χ4v) is 11.2. The molecule has 364 valence electrons. The molecule has 4 fully saturated rings. The highest BCUT2D eigenvalue weighted by molar-refractivity contribution is 5.95. The SMILES string of the molecule is CC(=O)O[C@@]12CO[C@@H]1C[C@H](O[C@H]1OC[C@@H](O)[C@H](O)[C@H]1O)[C@@]1(C)C(=O)[C@H](O)C3=C(C)[C@@H](OC(=O)[C@H](O)[C@@H](NC(=O)c4ccccc4)c4ccccc4)C[C@@](O)([C@@H](OC(=O)c4ccccc4)[C@H]21)C3(C)C. The molecule has 5 aliphatic rings. The van der Waals surface area contributed by atoms with E-state index in [4.69, 9.17) is 28.4 Å². The Morgan fingerprint density at radius 1 is 0.824 bits per heavy atom. The molecule has 68 heavy (non-hydrogen) atoms. The molecule has 3 aromatic carbocycles. The molecule has 0 spiro atoms. The van der Waals surface area contributed by atoms with Crippen molar-refractivity contribution < 1.29 is 83.0 Å². The zero-order valence-corrected chi connectivity index (χ0v) is 38.1. The minimum absolute atomic E-state index is 0.0280. The second-order valence-electron chi connectivity index (χ2n) is 19.1. The third-order valence-corrected chi connectivity index (χ3v) is 14.9. The first-order chi connectivity index (χ1) is 32.2. The van der Waals surface area contributed by atoms with Gasteiger partial charge >= 0.3 is 17.9 Å². The normalized spacial score (nSPS) is 36.0. The Balaban J connectivity index is 1.26. The molecule has 8 rings (SSSR count). The van der Waals surface area contributed by atoms with Gasteiger partial charge in [-0.05, 0) is 54.8 Å². The van der Waals surface area contributed by atoms with Gasteiger partial charge in [-0.25, -0.2) is 9.59 Å². The number of ether oxygens (including phenoxy) is 6. The first kappa shape index (κ1) is 49.0. The molecule has 2 saturated heterocycles. The quantitative estimate of drug-likeness (QED) is 0.0818. The van der Waals surface area contributed by atoms with E-state index in [-0.39, 0.29) is 35.3 Å². The number of rotatable bonds is 11. The van der Waals surface area contributed by atoms with E-state index < -0.39 is 138 Å². The van der Waals surface area contributed by atoms with Crippen LogP contribution in [0.2, 0.25) is 0 Å². The van der Waals surface area contributed by atoms with Crippen molar-refractivity contribution in [2.45, 2.75) is 126 Å². The van der Waals surface area contributed by atoms with E-state index in [9.17, 15) is 49.8 Å². The Morgan fingerprint density at radius 2 is 1.43 bits per heavy atom. The summed E-state index contributed by atoms with van der Waals surface area (Å²) >= 11 is 0. The van der Waals surface area contributed by atoms with Crippen LogP contribution in [0.25, 0.3) is 0 Å². The summed E-state index contributed by atoms with van der Waals surface area (Å²) in [7, 11) is 0. The van der Waals surface area contributed by atoms with Gasteiger partial charge in [0.25, 0.3) is 5.91 Å². The summed E-state index contributed by atoms with van der Waals surface area (Å²) in [6, 6.07) is 22.7. The van der Waals surface area contributed by atoms with Gasteiger partial charge in [-0.15, -0.1) is 0 Å². The number of carbonyl (C=O) groups excluding carboxylic acids is 5. The van der Waals surface area contributed by atoms with E-state index in [1.165, 1.54) is 39.8 Å². The number of esters is 3. The first-order valence-corrected chi connectivity index (χ1v) is 22.5. The molecular weight excluding hydrogens is 887 g/mol. The van der Waals surface area contributed by atoms with Crippen LogP contribution in [0.3, 0.4) is 0 Å². The molecule has 15 atom stereocenters. The molecule has 3 aromatic rings. The lowest BCUT2D eigenvalue weighted by atomic mass is 9.44. The Morgan fingerprint density at radius 3 is 2.01 bits per heavy atom. The van der Waals surface area contributed by atoms with Crippen LogP contribution in [0.4, 0.5) is 0 Å². The fourth-order valence-electron chi connectivity index (χ4n) is 11.2. The minimum atomic E-state index is -2.47. The Hall–Kier alpha value is -5.41. The topological polar surface area (TPSA) is 274 Å². The standard InChI is InChI=1S/C50H57NO17/c1-25-31(65-45(61)38(56)35(27-15-9-6-10-16-27)51-43(59)28-17-11-7-12-18-28)22-50(62)42(67-44(60)29-19-13-8-14-20-29)40-48(5,41(58)37(55)34(25)47(50,3)4)32(21-33-49(40,24-64-33)68-26(2)52)66-46-39(57)36(54)30(53)23-63-46/h6-20,30-33,35-40,42,46,53-57,62H,21-24H2,1-5H3,(H,51,59)/t30-,31+,32+,33-,35+,36+,37-,38-,39-,40+,42+,46-,48-,49+,50-/m1/s1. The summed E-state index contributed by atoms with van der Waals surface area (Å²) < 4.78 is 36.8. The van der Waals surface area contributed by atoms with Crippen LogP contribution in [-0.2, 0) is 42.8 Å². The highest BCUT2D eigenvalue weighted by atomic mass is 16.7. The summed E-state index contributed by atoms with van der Waals surface area (Å²) in [4.78, 5) is 71.3. The summed E-state index contributed by atoms with van der Waals surface area (Å²) in [5, 5.41) is 72.9. The van der Waals surface area contributed by atoms with Gasteiger partial charge in [0.05, 0.1) is 42.3 Å². The van der Waals surface area contributed by atoms with Gasteiger partial charge in [0.1, 0.15) is 48.3 Å². The van der Waals surface area contributed by atoms with Crippen LogP contribution in [0.15, 0.2) is 102 Å². The molecule has 7 N–H and O–H groups in total. The molecule has 1 amide bonds.